The Labute approximate surface area is 157 Å². The van der Waals surface area contributed by atoms with Crippen LogP contribution in [0.2, 0.25) is 0 Å². The van der Waals surface area contributed by atoms with Crippen molar-refractivity contribution in [2.75, 3.05) is 50.1 Å². The SMILES string of the molecule is Cc1nc(N(C)C)cc(N2CCN(S(=O)(=O)c3ccc(F)c(F)c3)CC2)n1. The molecule has 10 heteroatoms. The molecule has 2 aromatic rings. The van der Waals surface area contributed by atoms with E-state index in [0.717, 1.165) is 23.8 Å². The van der Waals surface area contributed by atoms with Crippen molar-refractivity contribution < 1.29 is 17.2 Å². The fraction of sp³-hybridized carbons (Fsp3) is 0.412. The molecule has 0 aliphatic carbocycles. The number of benzene rings is 1. The number of halogens is 2. The molecule has 7 nitrogen and oxygen atoms in total. The van der Waals surface area contributed by atoms with Crippen molar-refractivity contribution in [3.8, 4) is 0 Å². The second kappa shape index (κ2) is 7.35. The fourth-order valence-corrected chi connectivity index (χ4v) is 4.31. The van der Waals surface area contributed by atoms with Gasteiger partial charge in [-0.1, -0.05) is 0 Å². The van der Waals surface area contributed by atoms with E-state index < -0.39 is 21.7 Å². The summed E-state index contributed by atoms with van der Waals surface area (Å²) >= 11 is 0. The zero-order valence-corrected chi connectivity index (χ0v) is 16.2. The number of anilines is 2. The quantitative estimate of drug-likeness (QED) is 0.781. The van der Waals surface area contributed by atoms with E-state index in [-0.39, 0.29) is 18.0 Å². The molecule has 2 heterocycles. The van der Waals surface area contributed by atoms with E-state index in [9.17, 15) is 17.2 Å². The van der Waals surface area contributed by atoms with E-state index in [0.29, 0.717) is 25.0 Å². The molecule has 1 aromatic heterocycles. The molecular weight excluding hydrogens is 376 g/mol. The summed E-state index contributed by atoms with van der Waals surface area (Å²) in [5.41, 5.74) is 0. The van der Waals surface area contributed by atoms with Gasteiger partial charge in [-0.3, -0.25) is 0 Å². The first kappa shape index (κ1) is 19.4. The van der Waals surface area contributed by atoms with Gasteiger partial charge in [-0.25, -0.2) is 27.2 Å². The summed E-state index contributed by atoms with van der Waals surface area (Å²) in [6, 6.07) is 4.48. The van der Waals surface area contributed by atoms with Crippen LogP contribution in [-0.4, -0.2) is 63.0 Å². The minimum absolute atomic E-state index is 0.224. The Balaban J connectivity index is 1.76. The zero-order valence-electron chi connectivity index (χ0n) is 15.4. The highest BCUT2D eigenvalue weighted by molar-refractivity contribution is 7.89. The Kier molecular flexibility index (Phi) is 5.29. The second-order valence-electron chi connectivity index (χ2n) is 6.49. The maximum atomic E-state index is 13.4. The molecule has 0 atom stereocenters. The molecule has 0 saturated carbocycles. The Morgan fingerprint density at radius 2 is 1.67 bits per heavy atom. The van der Waals surface area contributed by atoms with Gasteiger partial charge in [0.25, 0.3) is 0 Å². The maximum Gasteiger partial charge on any atom is 0.243 e. The summed E-state index contributed by atoms with van der Waals surface area (Å²) < 4.78 is 53.1. The predicted octanol–water partition coefficient (Wildman–Crippen LogP) is 1.64. The van der Waals surface area contributed by atoms with Gasteiger partial charge in [-0.05, 0) is 25.1 Å². The lowest BCUT2D eigenvalue weighted by Crippen LogP contribution is -2.49. The highest BCUT2D eigenvalue weighted by Gasteiger charge is 2.29. The van der Waals surface area contributed by atoms with Crippen LogP contribution in [-0.2, 0) is 10.0 Å². The smallest absolute Gasteiger partial charge is 0.243 e. The van der Waals surface area contributed by atoms with E-state index in [1.54, 1.807) is 6.92 Å². The third-order valence-electron chi connectivity index (χ3n) is 4.36. The van der Waals surface area contributed by atoms with Crippen molar-refractivity contribution in [1.82, 2.24) is 14.3 Å². The number of rotatable bonds is 4. The molecule has 0 bridgehead atoms. The second-order valence-corrected chi connectivity index (χ2v) is 8.43. The molecule has 1 aromatic carbocycles. The molecule has 0 unspecified atom stereocenters. The van der Waals surface area contributed by atoms with Gasteiger partial charge in [0.05, 0.1) is 4.90 Å². The van der Waals surface area contributed by atoms with E-state index in [4.69, 9.17) is 0 Å². The van der Waals surface area contributed by atoms with Crippen LogP contribution in [0.3, 0.4) is 0 Å². The lowest BCUT2D eigenvalue weighted by atomic mass is 10.3. The first-order valence-corrected chi connectivity index (χ1v) is 9.85. The Bertz CT molecular complexity index is 944. The van der Waals surface area contributed by atoms with Gasteiger partial charge in [0, 0.05) is 46.3 Å². The van der Waals surface area contributed by atoms with Crippen LogP contribution in [0, 0.1) is 18.6 Å². The van der Waals surface area contributed by atoms with Gasteiger partial charge in [0.1, 0.15) is 17.5 Å². The average Bonchev–Trinajstić information content (AvgIpc) is 2.63. The molecule has 0 amide bonds. The number of aryl methyl sites for hydroxylation is 1. The molecule has 1 aliphatic rings. The van der Waals surface area contributed by atoms with E-state index in [1.807, 2.05) is 30.0 Å². The molecule has 0 spiro atoms. The van der Waals surface area contributed by atoms with Crippen LogP contribution in [0.25, 0.3) is 0 Å². The largest absolute Gasteiger partial charge is 0.363 e. The Hall–Kier alpha value is -2.33. The number of piperazine rings is 1. The molecule has 1 aliphatic heterocycles. The Morgan fingerprint density at radius 1 is 1.00 bits per heavy atom. The standard InChI is InChI=1S/C17H21F2N5O2S/c1-12-20-16(22(2)3)11-17(21-12)23-6-8-24(9-7-23)27(25,26)13-4-5-14(18)15(19)10-13/h4-5,10-11H,6-9H2,1-3H3. The van der Waals surface area contributed by atoms with Crippen molar-refractivity contribution in [2.45, 2.75) is 11.8 Å². The van der Waals surface area contributed by atoms with Crippen LogP contribution in [0.5, 0.6) is 0 Å². The van der Waals surface area contributed by atoms with Gasteiger partial charge < -0.3 is 9.80 Å². The number of hydrogen-bond acceptors (Lipinski definition) is 6. The third kappa shape index (κ3) is 4.01. The van der Waals surface area contributed by atoms with Crippen LogP contribution in [0.15, 0.2) is 29.2 Å². The lowest BCUT2D eigenvalue weighted by molar-refractivity contribution is 0.383. The monoisotopic (exact) mass is 397 g/mol. The summed E-state index contributed by atoms with van der Waals surface area (Å²) in [6.07, 6.45) is 0. The van der Waals surface area contributed by atoms with Gasteiger partial charge in [-0.2, -0.15) is 4.31 Å². The minimum Gasteiger partial charge on any atom is -0.363 e. The number of sulfonamides is 1. The molecule has 0 N–H and O–H groups in total. The van der Waals surface area contributed by atoms with Crippen LogP contribution in [0.1, 0.15) is 5.82 Å². The van der Waals surface area contributed by atoms with Crippen molar-refractivity contribution in [3.05, 3.63) is 41.7 Å². The van der Waals surface area contributed by atoms with Crippen LogP contribution >= 0.6 is 0 Å². The van der Waals surface area contributed by atoms with E-state index >= 15 is 0 Å². The van der Waals surface area contributed by atoms with Gasteiger partial charge in [-0.15, -0.1) is 0 Å². The van der Waals surface area contributed by atoms with E-state index in [2.05, 4.69) is 9.97 Å². The number of nitrogens with zero attached hydrogens (tertiary/aromatic N) is 5. The zero-order chi connectivity index (χ0) is 19.8. The van der Waals surface area contributed by atoms with Crippen molar-refractivity contribution in [2.24, 2.45) is 0 Å². The fourth-order valence-electron chi connectivity index (χ4n) is 2.87. The lowest BCUT2D eigenvalue weighted by Gasteiger charge is -2.35. The number of hydrogen-bond donors (Lipinski definition) is 0. The molecule has 3 rings (SSSR count). The van der Waals surface area contributed by atoms with Crippen LogP contribution < -0.4 is 9.80 Å². The maximum absolute atomic E-state index is 13.4. The number of aromatic nitrogens is 2. The van der Waals surface area contributed by atoms with Crippen molar-refractivity contribution in [1.29, 1.82) is 0 Å². The molecule has 1 fully saturated rings. The summed E-state index contributed by atoms with van der Waals surface area (Å²) in [5, 5.41) is 0. The van der Waals surface area contributed by atoms with Crippen molar-refractivity contribution in [3.63, 3.8) is 0 Å². The molecule has 27 heavy (non-hydrogen) atoms. The van der Waals surface area contributed by atoms with Gasteiger partial charge in [0.2, 0.25) is 10.0 Å². The summed E-state index contributed by atoms with van der Waals surface area (Å²) in [5.74, 6) is -0.115. The third-order valence-corrected chi connectivity index (χ3v) is 6.26. The minimum atomic E-state index is -3.88. The first-order valence-electron chi connectivity index (χ1n) is 8.41. The molecule has 1 saturated heterocycles. The summed E-state index contributed by atoms with van der Waals surface area (Å²) in [6.45, 7) is 3.13. The molecule has 0 radical (unpaired) electrons. The summed E-state index contributed by atoms with van der Waals surface area (Å²) in [7, 11) is -0.104. The van der Waals surface area contributed by atoms with Gasteiger partial charge in [0.15, 0.2) is 11.6 Å². The average molecular weight is 397 g/mol. The first-order chi connectivity index (χ1) is 12.7. The predicted molar refractivity (Wildman–Crippen MR) is 98.4 cm³/mol. The highest BCUT2D eigenvalue weighted by Crippen LogP contribution is 2.23. The highest BCUT2D eigenvalue weighted by atomic mass is 32.2. The molecule has 146 valence electrons. The molecular formula is C17H21F2N5O2S. The van der Waals surface area contributed by atoms with Crippen molar-refractivity contribution >= 4 is 21.7 Å². The van der Waals surface area contributed by atoms with Gasteiger partial charge >= 0.3 is 0 Å². The summed E-state index contributed by atoms with van der Waals surface area (Å²) in [4.78, 5) is 12.4. The Morgan fingerprint density at radius 3 is 2.26 bits per heavy atom. The van der Waals surface area contributed by atoms with E-state index in [1.165, 1.54) is 4.31 Å². The van der Waals surface area contributed by atoms with Crippen LogP contribution in [0.4, 0.5) is 20.4 Å². The topological polar surface area (TPSA) is 69.6 Å². The normalized spacial score (nSPS) is 15.8.